The van der Waals surface area contributed by atoms with Crippen LogP contribution in [0.2, 0.25) is 0 Å². The Labute approximate surface area is 98.3 Å². The Morgan fingerprint density at radius 2 is 1.75 bits per heavy atom. The van der Waals surface area contributed by atoms with Gasteiger partial charge >= 0.3 is 0 Å². The van der Waals surface area contributed by atoms with Crippen molar-refractivity contribution >= 4 is 0 Å². The molecule has 2 aliphatic carbocycles. The van der Waals surface area contributed by atoms with E-state index in [9.17, 15) is 0 Å². The van der Waals surface area contributed by atoms with Gasteiger partial charge in [0.15, 0.2) is 0 Å². The molecule has 2 atom stereocenters. The molecule has 16 heavy (non-hydrogen) atoms. The highest BCUT2D eigenvalue weighted by Gasteiger charge is 2.27. The molecule has 0 amide bonds. The molecule has 0 aliphatic heterocycles. The lowest BCUT2D eigenvalue weighted by molar-refractivity contribution is 0.286. The van der Waals surface area contributed by atoms with Crippen molar-refractivity contribution in [3.8, 4) is 0 Å². The van der Waals surface area contributed by atoms with Crippen LogP contribution in [0.5, 0.6) is 0 Å². The molecule has 1 saturated carbocycles. The molecule has 2 unspecified atom stereocenters. The number of hydrogen-bond acceptors (Lipinski definition) is 1. The summed E-state index contributed by atoms with van der Waals surface area (Å²) in [4.78, 5) is 0. The van der Waals surface area contributed by atoms with Crippen molar-refractivity contribution in [1.29, 1.82) is 0 Å². The van der Waals surface area contributed by atoms with E-state index in [1.165, 1.54) is 32.1 Å². The van der Waals surface area contributed by atoms with Crippen molar-refractivity contribution in [2.24, 2.45) is 0 Å². The first-order chi connectivity index (χ1) is 7.84. The summed E-state index contributed by atoms with van der Waals surface area (Å²) in [7, 11) is 0. The van der Waals surface area contributed by atoms with Gasteiger partial charge in [0, 0.05) is 12.1 Å². The zero-order valence-electron chi connectivity index (χ0n) is 10.1. The first-order valence-corrected chi connectivity index (χ1v) is 6.69. The van der Waals surface area contributed by atoms with Crippen LogP contribution < -0.4 is 5.32 Å². The van der Waals surface area contributed by atoms with E-state index in [-0.39, 0.29) is 0 Å². The van der Waals surface area contributed by atoms with Gasteiger partial charge in [-0.3, -0.25) is 0 Å². The summed E-state index contributed by atoms with van der Waals surface area (Å²) in [6.07, 6.45) is 6.83. The zero-order chi connectivity index (χ0) is 11.0. The topological polar surface area (TPSA) is 12.0 Å². The van der Waals surface area contributed by atoms with Crippen molar-refractivity contribution in [1.82, 2.24) is 5.32 Å². The average Bonchev–Trinajstić information content (AvgIpc) is 2.26. The van der Waals surface area contributed by atoms with E-state index in [1.54, 1.807) is 11.1 Å². The van der Waals surface area contributed by atoms with Crippen molar-refractivity contribution < 1.29 is 0 Å². The van der Waals surface area contributed by atoms with Gasteiger partial charge in [-0.05, 0) is 42.7 Å². The van der Waals surface area contributed by atoms with Crippen LogP contribution in [0.15, 0.2) is 24.3 Å². The fourth-order valence-corrected chi connectivity index (χ4v) is 3.04. The number of nitrogens with one attached hydrogen (secondary N) is 1. The second-order valence-corrected chi connectivity index (χ2v) is 5.45. The molecule has 0 saturated heterocycles. The highest BCUT2D eigenvalue weighted by molar-refractivity contribution is 5.35. The molecular weight excluding hydrogens is 194 g/mol. The first-order valence-electron chi connectivity index (χ1n) is 6.69. The summed E-state index contributed by atoms with van der Waals surface area (Å²) in [5.41, 5.74) is 3.14. The minimum atomic E-state index is 0.623. The summed E-state index contributed by atoms with van der Waals surface area (Å²) in [6, 6.07) is 10.4. The van der Waals surface area contributed by atoms with Gasteiger partial charge in [0.2, 0.25) is 0 Å². The summed E-state index contributed by atoms with van der Waals surface area (Å²) in [6.45, 7) is 2.36. The number of fused-ring (bicyclic) bond motifs is 1. The first kappa shape index (κ1) is 10.3. The van der Waals surface area contributed by atoms with Crippen LogP contribution in [0.1, 0.15) is 62.1 Å². The largest absolute Gasteiger partial charge is 0.307 e. The third kappa shape index (κ3) is 1.78. The third-order valence-corrected chi connectivity index (χ3v) is 4.33. The Hall–Kier alpha value is -0.820. The van der Waals surface area contributed by atoms with Gasteiger partial charge in [0.05, 0.1) is 0 Å². The van der Waals surface area contributed by atoms with Gasteiger partial charge < -0.3 is 5.32 Å². The van der Waals surface area contributed by atoms with Gasteiger partial charge in [0.1, 0.15) is 0 Å². The Morgan fingerprint density at radius 1 is 1.00 bits per heavy atom. The average molecular weight is 215 g/mol. The van der Waals surface area contributed by atoms with Gasteiger partial charge in [-0.15, -0.1) is 0 Å². The van der Waals surface area contributed by atoms with E-state index in [1.807, 2.05) is 0 Å². The minimum Gasteiger partial charge on any atom is -0.307 e. The lowest BCUT2D eigenvalue weighted by atomic mass is 9.80. The molecule has 0 bridgehead atoms. The Morgan fingerprint density at radius 3 is 2.44 bits per heavy atom. The summed E-state index contributed by atoms with van der Waals surface area (Å²) in [5, 5.41) is 3.83. The Balaban J connectivity index is 1.82. The second-order valence-electron chi connectivity index (χ2n) is 5.45. The van der Waals surface area contributed by atoms with Gasteiger partial charge in [-0.2, -0.15) is 0 Å². The monoisotopic (exact) mass is 215 g/mol. The quantitative estimate of drug-likeness (QED) is 0.792. The molecule has 1 aromatic rings. The molecular formula is C15H21N. The molecule has 0 heterocycles. The molecule has 2 aliphatic rings. The Kier molecular flexibility index (Phi) is 2.72. The summed E-state index contributed by atoms with van der Waals surface area (Å²) in [5.74, 6) is 0.746. The fraction of sp³-hybridized carbons (Fsp3) is 0.600. The predicted molar refractivity (Wildman–Crippen MR) is 67.6 cm³/mol. The molecule has 1 fully saturated rings. The second kappa shape index (κ2) is 4.21. The Bertz CT molecular complexity index is 367. The van der Waals surface area contributed by atoms with E-state index in [4.69, 9.17) is 0 Å². The van der Waals surface area contributed by atoms with Gasteiger partial charge in [-0.25, -0.2) is 0 Å². The maximum Gasteiger partial charge on any atom is 0.0325 e. The fourth-order valence-electron chi connectivity index (χ4n) is 3.04. The van der Waals surface area contributed by atoms with E-state index in [0.29, 0.717) is 6.04 Å². The molecule has 1 nitrogen and oxygen atoms in total. The van der Waals surface area contributed by atoms with Crippen molar-refractivity contribution in [2.75, 3.05) is 0 Å². The van der Waals surface area contributed by atoms with E-state index in [2.05, 4.69) is 36.5 Å². The predicted octanol–water partition coefficient (Wildman–Crippen LogP) is 3.77. The maximum atomic E-state index is 3.83. The highest BCUT2D eigenvalue weighted by atomic mass is 15.0. The van der Waals surface area contributed by atoms with Crippen LogP contribution in [0.25, 0.3) is 0 Å². The molecule has 0 spiro atoms. The molecule has 1 aromatic carbocycles. The molecule has 1 N–H and O–H groups in total. The van der Waals surface area contributed by atoms with Crippen molar-refractivity contribution in [2.45, 2.75) is 57.0 Å². The normalized spacial score (nSPS) is 29.6. The van der Waals surface area contributed by atoms with Crippen molar-refractivity contribution in [3.05, 3.63) is 35.4 Å². The molecule has 0 radical (unpaired) electrons. The SMILES string of the molecule is CC1CCC(NC2CCC2)c2ccccc21. The maximum absolute atomic E-state index is 3.83. The smallest absolute Gasteiger partial charge is 0.0325 e. The van der Waals surface area contributed by atoms with Gasteiger partial charge in [0.25, 0.3) is 0 Å². The van der Waals surface area contributed by atoms with Crippen LogP contribution in [0, 0.1) is 0 Å². The lowest BCUT2D eigenvalue weighted by Gasteiger charge is -2.36. The van der Waals surface area contributed by atoms with Crippen LogP contribution in [0.4, 0.5) is 0 Å². The number of hydrogen-bond donors (Lipinski definition) is 1. The highest BCUT2D eigenvalue weighted by Crippen LogP contribution is 2.38. The van der Waals surface area contributed by atoms with E-state index >= 15 is 0 Å². The van der Waals surface area contributed by atoms with Crippen LogP contribution in [0.3, 0.4) is 0 Å². The van der Waals surface area contributed by atoms with Crippen LogP contribution in [-0.4, -0.2) is 6.04 Å². The zero-order valence-corrected chi connectivity index (χ0v) is 10.1. The van der Waals surface area contributed by atoms with Crippen molar-refractivity contribution in [3.63, 3.8) is 0 Å². The van der Waals surface area contributed by atoms with Crippen LogP contribution in [-0.2, 0) is 0 Å². The summed E-state index contributed by atoms with van der Waals surface area (Å²) < 4.78 is 0. The lowest BCUT2D eigenvalue weighted by Crippen LogP contribution is -2.39. The molecule has 1 heteroatoms. The summed E-state index contributed by atoms with van der Waals surface area (Å²) >= 11 is 0. The third-order valence-electron chi connectivity index (χ3n) is 4.33. The van der Waals surface area contributed by atoms with Gasteiger partial charge in [-0.1, -0.05) is 37.6 Å². The molecule has 0 aromatic heterocycles. The van der Waals surface area contributed by atoms with E-state index < -0.39 is 0 Å². The van der Waals surface area contributed by atoms with Crippen LogP contribution >= 0.6 is 0 Å². The molecule has 3 rings (SSSR count). The number of rotatable bonds is 2. The molecule has 86 valence electrons. The minimum absolute atomic E-state index is 0.623. The standard InChI is InChI=1S/C15H21N/c1-11-9-10-15(16-12-5-4-6-12)14-8-3-2-7-13(11)14/h2-3,7-8,11-12,15-16H,4-6,9-10H2,1H3. The number of benzene rings is 1. The van der Waals surface area contributed by atoms with E-state index in [0.717, 1.165) is 12.0 Å².